The number of pyridine rings is 1. The van der Waals surface area contributed by atoms with E-state index in [1.54, 1.807) is 18.2 Å². The number of aromatic amines is 1. The number of fused-ring (bicyclic) bond motifs is 4. The van der Waals surface area contributed by atoms with Gasteiger partial charge in [0.2, 0.25) is 6.29 Å². The van der Waals surface area contributed by atoms with Gasteiger partial charge in [-0.2, -0.15) is 0 Å². The largest absolute Gasteiger partial charge is 0.463 e. The van der Waals surface area contributed by atoms with Gasteiger partial charge in [-0.15, -0.1) is 0 Å². The molecule has 2 aromatic carbocycles. The zero-order valence-corrected chi connectivity index (χ0v) is 24.8. The average Bonchev–Trinajstić information content (AvgIpc) is 3.32. The lowest BCUT2D eigenvalue weighted by Crippen LogP contribution is -2.67. The van der Waals surface area contributed by atoms with Crippen LogP contribution >= 0.6 is 11.6 Å². The normalized spacial score (nSPS) is 21.5. The van der Waals surface area contributed by atoms with E-state index in [0.717, 1.165) is 33.1 Å². The van der Waals surface area contributed by atoms with Gasteiger partial charge < -0.3 is 34.0 Å². The zero-order chi connectivity index (χ0) is 31.7. The summed E-state index contributed by atoms with van der Waals surface area (Å²) in [4.78, 5) is 69.4. The van der Waals surface area contributed by atoms with Crippen molar-refractivity contribution in [2.75, 3.05) is 6.61 Å². The number of hydrogen-bond acceptors (Lipinski definition) is 11. The van der Waals surface area contributed by atoms with Gasteiger partial charge in [0, 0.05) is 49.5 Å². The van der Waals surface area contributed by atoms with Crippen LogP contribution in [0.5, 0.6) is 0 Å². The summed E-state index contributed by atoms with van der Waals surface area (Å²) in [5.74, 6) is -3.63. The molecule has 1 amide bonds. The summed E-state index contributed by atoms with van der Waals surface area (Å²) in [6.07, 6.45) is -5.47. The Balaban J connectivity index is 1.53. The van der Waals surface area contributed by atoms with Gasteiger partial charge in [-0.05, 0) is 24.3 Å². The molecule has 0 saturated carbocycles. The number of carbonyl (C=O) groups excluding carboxylic acids is 5. The minimum atomic E-state index is -1.52. The van der Waals surface area contributed by atoms with Crippen LogP contribution in [-0.2, 0) is 42.9 Å². The Morgan fingerprint density at radius 1 is 0.886 bits per heavy atom. The molecule has 1 fully saturated rings. The molecule has 4 aromatic rings. The lowest BCUT2D eigenvalue weighted by Gasteiger charge is -2.44. The Bertz CT molecular complexity index is 1800. The quantitative estimate of drug-likeness (QED) is 0.228. The molecule has 0 aliphatic carbocycles. The lowest BCUT2D eigenvalue weighted by atomic mass is 9.95. The van der Waals surface area contributed by atoms with Crippen LogP contribution in [0.25, 0.3) is 32.8 Å². The smallest absolute Gasteiger partial charge is 0.305 e. The van der Waals surface area contributed by atoms with Crippen LogP contribution in [0.1, 0.15) is 38.1 Å². The molecule has 13 nitrogen and oxygen atoms in total. The third-order valence-corrected chi connectivity index (χ3v) is 7.30. The van der Waals surface area contributed by atoms with Crippen LogP contribution in [-0.4, -0.2) is 77.0 Å². The molecule has 14 heteroatoms. The molecule has 0 spiro atoms. The number of aromatic nitrogens is 2. The van der Waals surface area contributed by atoms with Crippen LogP contribution < -0.4 is 5.32 Å². The third kappa shape index (κ3) is 6.29. The maximum Gasteiger partial charge on any atom is 0.305 e. The average molecular weight is 626 g/mol. The number of nitrogens with one attached hydrogen (secondary N) is 2. The molecule has 0 unspecified atom stereocenters. The molecule has 2 N–H and O–H groups in total. The number of amides is 1. The lowest BCUT2D eigenvalue weighted by molar-refractivity contribution is -0.270. The van der Waals surface area contributed by atoms with E-state index in [4.69, 9.17) is 40.3 Å². The Morgan fingerprint density at radius 3 is 2.25 bits per heavy atom. The number of ether oxygens (including phenoxy) is 5. The first-order valence-corrected chi connectivity index (χ1v) is 13.9. The van der Waals surface area contributed by atoms with Crippen LogP contribution in [0.2, 0.25) is 5.02 Å². The highest BCUT2D eigenvalue weighted by Gasteiger charge is 2.52. The predicted octanol–water partition coefficient (Wildman–Crippen LogP) is 3.34. The van der Waals surface area contributed by atoms with E-state index in [0.29, 0.717) is 32.5 Å². The number of hydrogen-bond donors (Lipinski definition) is 2. The first-order valence-electron chi connectivity index (χ1n) is 13.5. The minimum Gasteiger partial charge on any atom is -0.463 e. The van der Waals surface area contributed by atoms with Crippen molar-refractivity contribution >= 4 is 74.2 Å². The van der Waals surface area contributed by atoms with E-state index in [1.165, 1.54) is 0 Å². The number of esters is 4. The highest BCUT2D eigenvalue weighted by Crippen LogP contribution is 2.35. The predicted molar refractivity (Wildman–Crippen MR) is 156 cm³/mol. The molecule has 44 heavy (non-hydrogen) atoms. The molecule has 0 bridgehead atoms. The molecule has 1 aliphatic rings. The number of carbonyl (C=O) groups is 5. The molecule has 230 valence electrons. The minimum absolute atomic E-state index is 0.179. The number of benzene rings is 2. The second-order valence-corrected chi connectivity index (χ2v) is 10.5. The second kappa shape index (κ2) is 12.5. The highest BCUT2D eigenvalue weighted by molar-refractivity contribution is 6.40. The molecular weight excluding hydrogens is 598 g/mol. The van der Waals surface area contributed by atoms with Crippen molar-refractivity contribution < 1.29 is 47.7 Å². The van der Waals surface area contributed by atoms with Crippen molar-refractivity contribution in [3.63, 3.8) is 0 Å². The van der Waals surface area contributed by atoms with Crippen molar-refractivity contribution in [1.82, 2.24) is 15.3 Å². The number of nitrogens with zero attached hydrogens (tertiary/aromatic N) is 1. The van der Waals surface area contributed by atoms with Crippen molar-refractivity contribution in [2.24, 2.45) is 0 Å². The molecule has 3 heterocycles. The fourth-order valence-electron chi connectivity index (χ4n) is 5.16. The van der Waals surface area contributed by atoms with E-state index >= 15 is 0 Å². The van der Waals surface area contributed by atoms with Crippen LogP contribution in [0.15, 0.2) is 42.5 Å². The number of para-hydroxylation sites is 1. The van der Waals surface area contributed by atoms with Gasteiger partial charge in [0.1, 0.15) is 18.8 Å². The Kier molecular flexibility index (Phi) is 8.70. The first-order chi connectivity index (χ1) is 20.9. The fraction of sp³-hybridized carbons (Fsp3) is 0.333. The van der Waals surface area contributed by atoms with Gasteiger partial charge in [-0.1, -0.05) is 29.8 Å². The molecule has 1 saturated heterocycles. The van der Waals surface area contributed by atoms with E-state index in [2.05, 4.69) is 10.3 Å². The summed E-state index contributed by atoms with van der Waals surface area (Å²) in [6, 6.07) is 10.9. The molecule has 0 radical (unpaired) electrons. The van der Waals surface area contributed by atoms with Gasteiger partial charge in [0.25, 0.3) is 5.91 Å². The molecular formula is C30H28ClN3O10. The maximum atomic E-state index is 13.7. The number of rotatable bonds is 7. The van der Waals surface area contributed by atoms with E-state index in [-0.39, 0.29) is 5.56 Å². The van der Waals surface area contributed by atoms with Crippen molar-refractivity contribution in [3.8, 4) is 0 Å². The summed E-state index contributed by atoms with van der Waals surface area (Å²) in [7, 11) is 0. The van der Waals surface area contributed by atoms with E-state index < -0.39 is 67.0 Å². The topological polar surface area (TPSA) is 172 Å². The van der Waals surface area contributed by atoms with Crippen LogP contribution in [0.4, 0.5) is 0 Å². The van der Waals surface area contributed by atoms with Gasteiger partial charge in [0.15, 0.2) is 12.2 Å². The monoisotopic (exact) mass is 625 g/mol. The van der Waals surface area contributed by atoms with E-state index in [9.17, 15) is 24.0 Å². The molecule has 5 rings (SSSR count). The number of H-pyrrole nitrogens is 1. The van der Waals surface area contributed by atoms with Crippen molar-refractivity contribution in [1.29, 1.82) is 0 Å². The maximum absolute atomic E-state index is 13.7. The SMILES string of the molecule is CC(=O)OC[C@H]1O[C@@H](OC(C)=O)[C@H](NC(=O)c2ccc3[nH]c4c(Cl)c5ccccc5nc4c3c2)[C@@H](OC(C)=O)[C@@H]1OC(C)=O. The summed E-state index contributed by atoms with van der Waals surface area (Å²) in [5.41, 5.74) is 2.69. The van der Waals surface area contributed by atoms with Gasteiger partial charge in [-0.25, -0.2) is 4.98 Å². The van der Waals surface area contributed by atoms with Crippen molar-refractivity contribution in [3.05, 3.63) is 53.1 Å². The van der Waals surface area contributed by atoms with Crippen molar-refractivity contribution in [2.45, 2.75) is 58.3 Å². The Labute approximate surface area is 255 Å². The number of halogens is 1. The summed E-state index contributed by atoms with van der Waals surface area (Å²) >= 11 is 6.68. The Morgan fingerprint density at radius 2 is 1.57 bits per heavy atom. The summed E-state index contributed by atoms with van der Waals surface area (Å²) < 4.78 is 27.2. The molecule has 2 aromatic heterocycles. The van der Waals surface area contributed by atoms with Gasteiger partial charge in [0.05, 0.1) is 21.6 Å². The third-order valence-electron chi connectivity index (χ3n) is 6.91. The van der Waals surface area contributed by atoms with Gasteiger partial charge >= 0.3 is 23.9 Å². The Hall–Kier alpha value is -4.75. The zero-order valence-electron chi connectivity index (χ0n) is 24.0. The first kappa shape index (κ1) is 30.7. The second-order valence-electron chi connectivity index (χ2n) is 10.2. The highest BCUT2D eigenvalue weighted by atomic mass is 35.5. The van der Waals surface area contributed by atoms with Crippen LogP contribution in [0, 0.1) is 0 Å². The molecule has 1 aliphatic heterocycles. The summed E-state index contributed by atoms with van der Waals surface area (Å²) in [5, 5.41) is 4.58. The van der Waals surface area contributed by atoms with Gasteiger partial charge in [-0.3, -0.25) is 24.0 Å². The molecule has 5 atom stereocenters. The standard InChI is InChI=1S/C30H28ClN3O10/c1-13(35)40-12-22-27(41-14(2)36)28(42-15(3)37)26(30(44-22)43-16(4)38)34-29(39)17-9-10-21-19(11-17)24-25(33-21)23(31)18-7-5-6-8-20(18)32-24/h5-11,22,26-28,30,33H,12H2,1-4H3,(H,34,39)/t22-,26-,27-,28-,30-/m1/s1. The van der Waals surface area contributed by atoms with E-state index in [1.807, 2.05) is 24.3 Å². The fourth-order valence-corrected chi connectivity index (χ4v) is 5.46. The summed E-state index contributed by atoms with van der Waals surface area (Å²) in [6.45, 7) is 4.10. The van der Waals surface area contributed by atoms with Crippen LogP contribution in [0.3, 0.4) is 0 Å².